The number of halogens is 2. The summed E-state index contributed by atoms with van der Waals surface area (Å²) in [5.41, 5.74) is 2.75. The molecule has 0 aliphatic heterocycles. The number of hydrogen-bond acceptors (Lipinski definition) is 3. The Morgan fingerprint density at radius 1 is 1.29 bits per heavy atom. The van der Waals surface area contributed by atoms with E-state index in [2.05, 4.69) is 5.10 Å². The molecule has 0 bridgehead atoms. The van der Waals surface area contributed by atoms with E-state index in [-0.39, 0.29) is 22.4 Å². The number of aryl methyl sites for hydroxylation is 1. The minimum atomic E-state index is -3.76. The van der Waals surface area contributed by atoms with Crippen LogP contribution in [0.5, 0.6) is 0 Å². The zero-order chi connectivity index (χ0) is 18.2. The van der Waals surface area contributed by atoms with Crippen LogP contribution in [-0.4, -0.2) is 29.6 Å². The minimum absolute atomic E-state index is 0.00630. The molecule has 132 valence electrons. The molecule has 0 amide bonds. The van der Waals surface area contributed by atoms with E-state index in [1.807, 2.05) is 27.8 Å². The van der Waals surface area contributed by atoms with E-state index in [1.54, 1.807) is 10.7 Å². The molecule has 2 rings (SSSR count). The highest BCUT2D eigenvalue weighted by molar-refractivity contribution is 7.89. The molecule has 1 heterocycles. The molecule has 5 nitrogen and oxygen atoms in total. The maximum atomic E-state index is 12.9. The molecular formula is C16H21Cl2N3O2S. The summed E-state index contributed by atoms with van der Waals surface area (Å²) in [6.07, 6.45) is 0. The molecule has 8 heteroatoms. The monoisotopic (exact) mass is 389 g/mol. The summed E-state index contributed by atoms with van der Waals surface area (Å²) < 4.78 is 28.8. The fourth-order valence-corrected chi connectivity index (χ4v) is 4.36. The van der Waals surface area contributed by atoms with Crippen LogP contribution < -0.4 is 0 Å². The Labute approximate surface area is 153 Å². The molecule has 0 fully saturated rings. The van der Waals surface area contributed by atoms with Crippen LogP contribution in [0.4, 0.5) is 0 Å². The molecular weight excluding hydrogens is 369 g/mol. The number of hydrogen-bond donors (Lipinski definition) is 0. The Balaban J connectivity index is 2.43. The SMILES string of the molecule is Cc1c(CN(C)S(=O)(=O)c2cc(Cl)ccc2Cl)c(C(C)C)nn1C. The molecule has 0 saturated carbocycles. The largest absolute Gasteiger partial charge is 0.272 e. The second kappa shape index (κ2) is 7.04. The van der Waals surface area contributed by atoms with Gasteiger partial charge in [0, 0.05) is 36.9 Å². The van der Waals surface area contributed by atoms with Crippen molar-refractivity contribution in [1.82, 2.24) is 14.1 Å². The molecule has 0 saturated heterocycles. The number of rotatable bonds is 5. The second-order valence-corrected chi connectivity index (χ2v) is 8.92. The summed E-state index contributed by atoms with van der Waals surface area (Å²) in [6.45, 7) is 6.22. The summed E-state index contributed by atoms with van der Waals surface area (Å²) in [5.74, 6) is 0.200. The van der Waals surface area contributed by atoms with Gasteiger partial charge in [0.2, 0.25) is 10.0 Å². The van der Waals surface area contributed by atoms with Gasteiger partial charge >= 0.3 is 0 Å². The lowest BCUT2D eigenvalue weighted by Crippen LogP contribution is -2.27. The highest BCUT2D eigenvalue weighted by atomic mass is 35.5. The predicted octanol–water partition coefficient (Wildman–Crippen LogP) is 3.98. The molecule has 1 aromatic heterocycles. The van der Waals surface area contributed by atoms with E-state index in [4.69, 9.17) is 23.2 Å². The van der Waals surface area contributed by atoms with E-state index in [0.717, 1.165) is 17.0 Å². The first-order valence-corrected chi connectivity index (χ1v) is 9.69. The first-order valence-electron chi connectivity index (χ1n) is 7.49. The van der Waals surface area contributed by atoms with Crippen LogP contribution in [0.25, 0.3) is 0 Å². The molecule has 0 unspecified atom stereocenters. The van der Waals surface area contributed by atoms with Crippen molar-refractivity contribution in [2.75, 3.05) is 7.05 Å². The van der Waals surface area contributed by atoms with Gasteiger partial charge in [-0.2, -0.15) is 9.40 Å². The first kappa shape index (κ1) is 19.2. The van der Waals surface area contributed by atoms with Crippen LogP contribution in [-0.2, 0) is 23.6 Å². The Morgan fingerprint density at radius 3 is 2.50 bits per heavy atom. The molecule has 24 heavy (non-hydrogen) atoms. The van der Waals surface area contributed by atoms with E-state index in [9.17, 15) is 8.42 Å². The third-order valence-electron chi connectivity index (χ3n) is 4.00. The van der Waals surface area contributed by atoms with Gasteiger partial charge in [0.15, 0.2) is 0 Å². The maximum absolute atomic E-state index is 12.9. The highest BCUT2D eigenvalue weighted by Crippen LogP contribution is 2.29. The second-order valence-electron chi connectivity index (χ2n) is 6.06. The predicted molar refractivity (Wildman–Crippen MR) is 97.1 cm³/mol. The van der Waals surface area contributed by atoms with Gasteiger partial charge in [-0.05, 0) is 31.0 Å². The van der Waals surface area contributed by atoms with Crippen molar-refractivity contribution in [2.24, 2.45) is 7.05 Å². The number of nitrogens with zero attached hydrogens (tertiary/aromatic N) is 3. The van der Waals surface area contributed by atoms with Gasteiger partial charge in [-0.15, -0.1) is 0 Å². The normalized spacial score (nSPS) is 12.4. The minimum Gasteiger partial charge on any atom is -0.272 e. The van der Waals surface area contributed by atoms with Crippen LogP contribution in [0.2, 0.25) is 10.0 Å². The standard InChI is InChI=1S/C16H21Cl2N3O2S/c1-10(2)16-13(11(3)21(5)19-16)9-20(4)24(22,23)15-8-12(17)6-7-14(15)18/h6-8,10H,9H2,1-5H3. The topological polar surface area (TPSA) is 55.2 Å². The number of benzene rings is 1. The molecule has 0 atom stereocenters. The summed E-state index contributed by atoms with van der Waals surface area (Å²) in [7, 11) is -0.375. The van der Waals surface area contributed by atoms with Crippen molar-refractivity contribution < 1.29 is 8.42 Å². The zero-order valence-electron chi connectivity index (χ0n) is 14.3. The fourth-order valence-electron chi connectivity index (χ4n) is 2.49. The molecule has 0 radical (unpaired) electrons. The quantitative estimate of drug-likeness (QED) is 0.776. The van der Waals surface area contributed by atoms with Crippen molar-refractivity contribution in [3.63, 3.8) is 0 Å². The van der Waals surface area contributed by atoms with Crippen LogP contribution in [0, 0.1) is 6.92 Å². The van der Waals surface area contributed by atoms with Gasteiger partial charge in [0.05, 0.1) is 10.7 Å². The first-order chi connectivity index (χ1) is 11.1. The molecule has 0 aliphatic carbocycles. The van der Waals surface area contributed by atoms with Crippen molar-refractivity contribution in [3.05, 3.63) is 45.2 Å². The lowest BCUT2D eigenvalue weighted by atomic mass is 10.0. The third kappa shape index (κ3) is 3.61. The van der Waals surface area contributed by atoms with Crippen LogP contribution in [0.1, 0.15) is 36.7 Å². The summed E-state index contributed by atoms with van der Waals surface area (Å²) in [6, 6.07) is 4.42. The fraction of sp³-hybridized carbons (Fsp3) is 0.438. The Kier molecular flexibility index (Phi) is 5.64. The molecule has 0 N–H and O–H groups in total. The van der Waals surface area contributed by atoms with Crippen LogP contribution in [0.3, 0.4) is 0 Å². The highest BCUT2D eigenvalue weighted by Gasteiger charge is 2.27. The summed E-state index contributed by atoms with van der Waals surface area (Å²) in [4.78, 5) is 0.00630. The summed E-state index contributed by atoms with van der Waals surface area (Å²) >= 11 is 12.0. The van der Waals surface area contributed by atoms with E-state index in [0.29, 0.717) is 5.02 Å². The Morgan fingerprint density at radius 2 is 1.92 bits per heavy atom. The number of aromatic nitrogens is 2. The molecule has 0 spiro atoms. The van der Waals surface area contributed by atoms with Crippen LogP contribution >= 0.6 is 23.2 Å². The van der Waals surface area contributed by atoms with E-state index >= 15 is 0 Å². The van der Waals surface area contributed by atoms with Gasteiger partial charge in [-0.1, -0.05) is 37.0 Å². The van der Waals surface area contributed by atoms with Gasteiger partial charge in [-0.3, -0.25) is 4.68 Å². The van der Waals surface area contributed by atoms with Crippen LogP contribution in [0.15, 0.2) is 23.1 Å². The Hall–Kier alpha value is -1.08. The molecule has 2 aromatic rings. The van der Waals surface area contributed by atoms with E-state index in [1.165, 1.54) is 23.5 Å². The van der Waals surface area contributed by atoms with Gasteiger partial charge in [0.1, 0.15) is 4.90 Å². The van der Waals surface area contributed by atoms with Gasteiger partial charge in [0.25, 0.3) is 0 Å². The zero-order valence-corrected chi connectivity index (χ0v) is 16.7. The van der Waals surface area contributed by atoms with Crippen molar-refractivity contribution >= 4 is 33.2 Å². The van der Waals surface area contributed by atoms with E-state index < -0.39 is 10.0 Å². The molecule has 0 aliphatic rings. The molecule has 1 aromatic carbocycles. The lowest BCUT2D eigenvalue weighted by molar-refractivity contribution is 0.463. The number of sulfonamides is 1. The average Bonchev–Trinajstić information content (AvgIpc) is 2.78. The third-order valence-corrected chi connectivity index (χ3v) is 6.52. The van der Waals surface area contributed by atoms with Gasteiger partial charge < -0.3 is 0 Å². The van der Waals surface area contributed by atoms with Crippen molar-refractivity contribution in [2.45, 2.75) is 38.1 Å². The lowest BCUT2D eigenvalue weighted by Gasteiger charge is -2.19. The van der Waals surface area contributed by atoms with Crippen molar-refractivity contribution in [3.8, 4) is 0 Å². The maximum Gasteiger partial charge on any atom is 0.244 e. The average molecular weight is 390 g/mol. The summed E-state index contributed by atoms with van der Waals surface area (Å²) in [5, 5.41) is 4.97. The Bertz CT molecular complexity index is 860. The smallest absolute Gasteiger partial charge is 0.244 e. The van der Waals surface area contributed by atoms with Gasteiger partial charge in [-0.25, -0.2) is 8.42 Å². The van der Waals surface area contributed by atoms with Crippen molar-refractivity contribution in [1.29, 1.82) is 0 Å².